The van der Waals surface area contributed by atoms with E-state index in [1.54, 1.807) is 11.8 Å². The molecule has 110 valence electrons. The Hall–Kier alpha value is -0.520. The minimum Gasteiger partial charge on any atom is -0.391 e. The van der Waals surface area contributed by atoms with Crippen molar-refractivity contribution in [3.05, 3.63) is 0 Å². The van der Waals surface area contributed by atoms with Crippen LogP contribution in [0.15, 0.2) is 0 Å². The van der Waals surface area contributed by atoms with Gasteiger partial charge in [0.2, 0.25) is 5.91 Å². The van der Waals surface area contributed by atoms with E-state index in [0.29, 0.717) is 12.5 Å². The van der Waals surface area contributed by atoms with Gasteiger partial charge in [-0.2, -0.15) is 0 Å². The van der Waals surface area contributed by atoms with E-state index in [2.05, 4.69) is 6.92 Å². The van der Waals surface area contributed by atoms with Crippen LogP contribution in [0.3, 0.4) is 0 Å². The van der Waals surface area contributed by atoms with Crippen molar-refractivity contribution in [2.24, 2.45) is 11.8 Å². The number of carbonyl (C=O) groups is 1. The molecule has 4 atom stereocenters. The van der Waals surface area contributed by atoms with E-state index in [4.69, 9.17) is 17.0 Å². The number of aliphatic hydroxyl groups is 1. The topological polar surface area (TPSA) is 49.8 Å². The van der Waals surface area contributed by atoms with Gasteiger partial charge < -0.3 is 14.7 Å². The van der Waals surface area contributed by atoms with Gasteiger partial charge in [-0.3, -0.25) is 4.79 Å². The van der Waals surface area contributed by atoms with Gasteiger partial charge in [-0.15, -0.1) is 0 Å². The molecule has 1 N–H and O–H groups in total. The summed E-state index contributed by atoms with van der Waals surface area (Å²) in [6.07, 6.45) is 1.34. The first-order valence-electron chi connectivity index (χ1n) is 6.82. The summed E-state index contributed by atoms with van der Waals surface area (Å²) in [4.78, 5) is 14.9. The average molecular weight is 287 g/mol. The standard InChI is InChI=1S/C14H25NO3S/c1-9-5-12(6-10(2)19)7-15(13(17)8-18-4)14(9)11(3)16/h9,11-12,14,16H,5-8H2,1-4H3/t9-,11+,12-,14?/m1/s1. The molecular formula is C14H25NO3S. The zero-order valence-corrected chi connectivity index (χ0v) is 13.1. The van der Waals surface area contributed by atoms with Crippen LogP contribution in [0.2, 0.25) is 0 Å². The monoisotopic (exact) mass is 287 g/mol. The van der Waals surface area contributed by atoms with Gasteiger partial charge in [-0.25, -0.2) is 0 Å². The first-order chi connectivity index (χ1) is 8.86. The third kappa shape index (κ3) is 4.51. The minimum absolute atomic E-state index is 0.0491. The predicted octanol–water partition coefficient (Wildman–Crippen LogP) is 1.65. The van der Waals surface area contributed by atoms with E-state index in [1.165, 1.54) is 7.11 Å². The van der Waals surface area contributed by atoms with Crippen molar-refractivity contribution in [3.63, 3.8) is 0 Å². The van der Waals surface area contributed by atoms with Crippen LogP contribution in [0.25, 0.3) is 0 Å². The molecule has 1 amide bonds. The van der Waals surface area contributed by atoms with Crippen LogP contribution in [0.4, 0.5) is 0 Å². The average Bonchev–Trinajstić information content (AvgIpc) is 2.26. The van der Waals surface area contributed by atoms with Gasteiger partial charge in [-0.05, 0) is 43.4 Å². The molecule has 0 radical (unpaired) electrons. The number of hydrogen-bond acceptors (Lipinski definition) is 4. The lowest BCUT2D eigenvalue weighted by atomic mass is 9.80. The van der Waals surface area contributed by atoms with Gasteiger partial charge in [-0.1, -0.05) is 19.1 Å². The summed E-state index contributed by atoms with van der Waals surface area (Å²) in [7, 11) is 1.52. The Bertz CT molecular complexity index is 333. The molecule has 0 aromatic carbocycles. The molecular weight excluding hydrogens is 262 g/mol. The molecule has 1 unspecified atom stereocenters. The lowest BCUT2D eigenvalue weighted by molar-refractivity contribution is -0.145. The van der Waals surface area contributed by atoms with Crippen molar-refractivity contribution >= 4 is 23.0 Å². The number of thiocarbonyl (C=S) groups is 1. The third-order valence-electron chi connectivity index (χ3n) is 3.76. The van der Waals surface area contributed by atoms with E-state index in [-0.39, 0.29) is 24.5 Å². The van der Waals surface area contributed by atoms with Crippen LogP contribution >= 0.6 is 12.2 Å². The molecule has 0 bridgehead atoms. The molecule has 1 rings (SSSR count). The number of amides is 1. The molecule has 1 aliphatic heterocycles. The van der Waals surface area contributed by atoms with Crippen LogP contribution in [0.1, 0.15) is 33.6 Å². The van der Waals surface area contributed by atoms with Gasteiger partial charge >= 0.3 is 0 Å². The van der Waals surface area contributed by atoms with E-state index in [0.717, 1.165) is 17.7 Å². The Morgan fingerprint density at radius 1 is 1.58 bits per heavy atom. The normalized spacial score (nSPS) is 29.1. The van der Waals surface area contributed by atoms with Gasteiger partial charge in [0.05, 0.1) is 12.1 Å². The van der Waals surface area contributed by atoms with Gasteiger partial charge in [0, 0.05) is 13.7 Å². The predicted molar refractivity (Wildman–Crippen MR) is 79.2 cm³/mol. The molecule has 0 saturated carbocycles. The van der Waals surface area contributed by atoms with Gasteiger partial charge in [0.1, 0.15) is 6.61 Å². The fourth-order valence-electron chi connectivity index (χ4n) is 3.21. The molecule has 19 heavy (non-hydrogen) atoms. The molecule has 0 aromatic rings. The molecule has 0 spiro atoms. The molecule has 0 aliphatic carbocycles. The zero-order valence-electron chi connectivity index (χ0n) is 12.3. The summed E-state index contributed by atoms with van der Waals surface area (Å²) in [6, 6.07) is -0.121. The van der Waals surface area contributed by atoms with Crippen molar-refractivity contribution < 1.29 is 14.6 Å². The summed E-state index contributed by atoms with van der Waals surface area (Å²) < 4.78 is 4.94. The van der Waals surface area contributed by atoms with Gasteiger partial charge in [0.25, 0.3) is 0 Å². The van der Waals surface area contributed by atoms with Crippen molar-refractivity contribution in [2.45, 2.75) is 45.8 Å². The van der Waals surface area contributed by atoms with E-state index in [1.807, 2.05) is 6.92 Å². The highest BCUT2D eigenvalue weighted by Gasteiger charge is 2.38. The second-order valence-electron chi connectivity index (χ2n) is 5.70. The maximum absolute atomic E-state index is 12.1. The minimum atomic E-state index is -0.523. The fourth-order valence-corrected chi connectivity index (χ4v) is 3.45. The molecule has 0 aromatic heterocycles. The largest absolute Gasteiger partial charge is 0.391 e. The van der Waals surface area contributed by atoms with Crippen LogP contribution in [-0.2, 0) is 9.53 Å². The summed E-state index contributed by atoms with van der Waals surface area (Å²) in [5.41, 5.74) is 0. The number of carbonyl (C=O) groups excluding carboxylic acids is 1. The van der Waals surface area contributed by atoms with Crippen molar-refractivity contribution in [3.8, 4) is 0 Å². The molecule has 5 heteroatoms. The summed E-state index contributed by atoms with van der Waals surface area (Å²) >= 11 is 5.17. The smallest absolute Gasteiger partial charge is 0.248 e. The number of nitrogens with zero attached hydrogens (tertiary/aromatic N) is 1. The van der Waals surface area contributed by atoms with Crippen LogP contribution < -0.4 is 0 Å². The highest BCUT2D eigenvalue weighted by Crippen LogP contribution is 2.31. The number of likely N-dealkylation sites (tertiary alicyclic amines) is 1. The third-order valence-corrected chi connectivity index (χ3v) is 3.93. The molecule has 1 fully saturated rings. The van der Waals surface area contributed by atoms with Crippen LogP contribution in [0, 0.1) is 11.8 Å². The lowest BCUT2D eigenvalue weighted by Crippen LogP contribution is -2.56. The quantitative estimate of drug-likeness (QED) is 0.781. The highest BCUT2D eigenvalue weighted by molar-refractivity contribution is 7.80. The van der Waals surface area contributed by atoms with E-state index < -0.39 is 6.10 Å². The SMILES string of the molecule is COCC(=O)N1C[C@@H](CC(C)=S)C[C@@H](C)C1[C@H](C)O. The van der Waals surface area contributed by atoms with E-state index >= 15 is 0 Å². The van der Waals surface area contributed by atoms with Crippen LogP contribution in [-0.4, -0.2) is 53.2 Å². The Balaban J connectivity index is 2.83. The Kier molecular flexibility index (Phi) is 6.36. The van der Waals surface area contributed by atoms with Crippen molar-refractivity contribution in [2.75, 3.05) is 20.3 Å². The number of piperidine rings is 1. The number of ether oxygens (including phenoxy) is 1. The maximum Gasteiger partial charge on any atom is 0.248 e. The van der Waals surface area contributed by atoms with Gasteiger partial charge in [0.15, 0.2) is 0 Å². The number of aliphatic hydroxyl groups excluding tert-OH is 1. The number of rotatable bonds is 5. The number of hydrogen-bond donors (Lipinski definition) is 1. The fraction of sp³-hybridized carbons (Fsp3) is 0.857. The summed E-state index contributed by atoms with van der Waals surface area (Å²) in [5.74, 6) is 0.615. The molecule has 4 nitrogen and oxygen atoms in total. The zero-order chi connectivity index (χ0) is 14.6. The maximum atomic E-state index is 12.1. The first kappa shape index (κ1) is 16.5. The molecule has 1 saturated heterocycles. The Morgan fingerprint density at radius 2 is 2.21 bits per heavy atom. The van der Waals surface area contributed by atoms with E-state index in [9.17, 15) is 9.90 Å². The lowest BCUT2D eigenvalue weighted by Gasteiger charge is -2.45. The van der Waals surface area contributed by atoms with Crippen molar-refractivity contribution in [1.82, 2.24) is 4.90 Å². The second kappa shape index (κ2) is 7.31. The Labute approximate surface area is 121 Å². The van der Waals surface area contributed by atoms with Crippen LogP contribution in [0.5, 0.6) is 0 Å². The van der Waals surface area contributed by atoms with Crippen molar-refractivity contribution in [1.29, 1.82) is 0 Å². The first-order valence-corrected chi connectivity index (χ1v) is 7.23. The molecule has 1 aliphatic rings. The summed E-state index contributed by atoms with van der Waals surface area (Å²) in [6.45, 7) is 6.52. The number of methoxy groups -OCH3 is 1. The highest BCUT2D eigenvalue weighted by atomic mass is 32.1. The molecule has 1 heterocycles. The Morgan fingerprint density at radius 3 is 2.68 bits per heavy atom. The summed E-state index contributed by atoms with van der Waals surface area (Å²) in [5, 5.41) is 9.94. The second-order valence-corrected chi connectivity index (χ2v) is 6.39.